The summed E-state index contributed by atoms with van der Waals surface area (Å²) >= 11 is 5.17. The van der Waals surface area contributed by atoms with Gasteiger partial charge >= 0.3 is 0 Å². The number of nitrogens with zero attached hydrogens (tertiary/aromatic N) is 1. The standard InChI is InChI=1S/C13H18BrNO2S2/c1-13(2)6-7-15(8-9-18-13)19(16,17)12-5-3-4-11(14)10-12/h3-5,10H,6-9H2,1-2H3. The van der Waals surface area contributed by atoms with Crippen LogP contribution < -0.4 is 0 Å². The van der Waals surface area contributed by atoms with Crippen LogP contribution in [-0.2, 0) is 10.0 Å². The maximum atomic E-state index is 12.6. The summed E-state index contributed by atoms with van der Waals surface area (Å²) in [5, 5.41) is 0. The number of hydrogen-bond donors (Lipinski definition) is 0. The van der Waals surface area contributed by atoms with Crippen molar-refractivity contribution in [2.24, 2.45) is 0 Å². The lowest BCUT2D eigenvalue weighted by atomic mass is 10.1. The molecular weight excluding hydrogens is 346 g/mol. The summed E-state index contributed by atoms with van der Waals surface area (Å²) in [6.07, 6.45) is 0.880. The van der Waals surface area contributed by atoms with Crippen molar-refractivity contribution >= 4 is 37.7 Å². The Kier molecular flexibility index (Phi) is 4.65. The summed E-state index contributed by atoms with van der Waals surface area (Å²) in [5.74, 6) is 0.847. The molecule has 19 heavy (non-hydrogen) atoms. The van der Waals surface area contributed by atoms with Crippen LogP contribution in [0.15, 0.2) is 33.6 Å². The van der Waals surface area contributed by atoms with Crippen molar-refractivity contribution in [2.75, 3.05) is 18.8 Å². The molecule has 1 aromatic carbocycles. The zero-order valence-electron chi connectivity index (χ0n) is 11.1. The first-order valence-corrected chi connectivity index (χ1v) is 9.43. The van der Waals surface area contributed by atoms with Crippen molar-refractivity contribution < 1.29 is 8.42 Å². The first-order chi connectivity index (χ1) is 8.81. The summed E-state index contributed by atoms with van der Waals surface area (Å²) in [5.41, 5.74) is 0. The van der Waals surface area contributed by atoms with Crippen LogP contribution in [0.5, 0.6) is 0 Å². The molecule has 0 saturated carbocycles. The van der Waals surface area contributed by atoms with E-state index in [4.69, 9.17) is 0 Å². The Balaban J connectivity index is 2.25. The monoisotopic (exact) mass is 363 g/mol. The molecule has 1 aliphatic heterocycles. The maximum absolute atomic E-state index is 12.6. The molecule has 106 valence electrons. The Labute approximate surface area is 127 Å². The Morgan fingerprint density at radius 2 is 2.05 bits per heavy atom. The molecule has 0 aromatic heterocycles. The highest BCUT2D eigenvalue weighted by Crippen LogP contribution is 2.32. The number of halogens is 1. The zero-order valence-corrected chi connectivity index (χ0v) is 14.3. The van der Waals surface area contributed by atoms with Crippen LogP contribution in [0.3, 0.4) is 0 Å². The van der Waals surface area contributed by atoms with Crippen LogP contribution in [0.25, 0.3) is 0 Å². The molecule has 6 heteroatoms. The van der Waals surface area contributed by atoms with Gasteiger partial charge in [-0.3, -0.25) is 0 Å². The van der Waals surface area contributed by atoms with Gasteiger partial charge < -0.3 is 0 Å². The topological polar surface area (TPSA) is 37.4 Å². The van der Waals surface area contributed by atoms with Gasteiger partial charge in [0.25, 0.3) is 0 Å². The van der Waals surface area contributed by atoms with E-state index >= 15 is 0 Å². The van der Waals surface area contributed by atoms with E-state index in [-0.39, 0.29) is 4.75 Å². The van der Waals surface area contributed by atoms with Gasteiger partial charge in [-0.1, -0.05) is 35.8 Å². The molecule has 0 bridgehead atoms. The lowest BCUT2D eigenvalue weighted by molar-refractivity contribution is 0.415. The van der Waals surface area contributed by atoms with E-state index < -0.39 is 10.0 Å². The first kappa shape index (κ1) is 15.4. The van der Waals surface area contributed by atoms with Crippen molar-refractivity contribution in [1.82, 2.24) is 4.31 Å². The molecule has 0 aliphatic carbocycles. The first-order valence-electron chi connectivity index (χ1n) is 6.21. The Hall–Kier alpha value is -0.0400. The minimum Gasteiger partial charge on any atom is -0.207 e. The van der Waals surface area contributed by atoms with E-state index in [1.807, 2.05) is 17.8 Å². The van der Waals surface area contributed by atoms with Gasteiger partial charge in [-0.15, -0.1) is 0 Å². The molecule has 1 aliphatic rings. The Bertz CT molecular complexity index is 558. The van der Waals surface area contributed by atoms with Crippen molar-refractivity contribution in [3.63, 3.8) is 0 Å². The molecule has 2 rings (SSSR count). The molecule has 1 aromatic rings. The maximum Gasteiger partial charge on any atom is 0.243 e. The molecule has 1 fully saturated rings. The quantitative estimate of drug-likeness (QED) is 0.808. The summed E-state index contributed by atoms with van der Waals surface area (Å²) in [7, 11) is -3.37. The minimum absolute atomic E-state index is 0.154. The van der Waals surface area contributed by atoms with Gasteiger partial charge in [-0.25, -0.2) is 8.42 Å². The molecule has 0 N–H and O–H groups in total. The number of rotatable bonds is 2. The highest BCUT2D eigenvalue weighted by molar-refractivity contribution is 9.10. The van der Waals surface area contributed by atoms with Crippen LogP contribution >= 0.6 is 27.7 Å². The molecule has 0 radical (unpaired) electrons. The average Bonchev–Trinajstić information content (AvgIpc) is 2.50. The van der Waals surface area contributed by atoms with Crippen molar-refractivity contribution in [1.29, 1.82) is 0 Å². The highest BCUT2D eigenvalue weighted by atomic mass is 79.9. The normalized spacial score (nSPS) is 21.0. The van der Waals surface area contributed by atoms with E-state index in [2.05, 4.69) is 29.8 Å². The fourth-order valence-electron chi connectivity index (χ4n) is 2.02. The largest absolute Gasteiger partial charge is 0.243 e. The summed E-state index contributed by atoms with van der Waals surface area (Å²) in [6.45, 7) is 5.53. The fourth-order valence-corrected chi connectivity index (χ4v) is 5.27. The van der Waals surface area contributed by atoms with Gasteiger partial charge in [0.2, 0.25) is 10.0 Å². The van der Waals surface area contributed by atoms with E-state index in [0.717, 1.165) is 16.6 Å². The van der Waals surface area contributed by atoms with Crippen molar-refractivity contribution in [2.45, 2.75) is 29.9 Å². The van der Waals surface area contributed by atoms with Gasteiger partial charge in [0.15, 0.2) is 0 Å². The van der Waals surface area contributed by atoms with E-state index in [1.54, 1.807) is 22.5 Å². The predicted octanol–water partition coefficient (Wildman–Crippen LogP) is 3.36. The molecule has 3 nitrogen and oxygen atoms in total. The van der Waals surface area contributed by atoms with Crippen LogP contribution in [0.1, 0.15) is 20.3 Å². The molecular formula is C13H18BrNO2S2. The number of hydrogen-bond acceptors (Lipinski definition) is 3. The summed E-state index contributed by atoms with van der Waals surface area (Å²) in [6, 6.07) is 6.91. The fraction of sp³-hybridized carbons (Fsp3) is 0.538. The summed E-state index contributed by atoms with van der Waals surface area (Å²) in [4.78, 5) is 0.367. The third-order valence-corrected chi connectivity index (χ3v) is 6.99. The molecule has 0 amide bonds. The number of sulfonamides is 1. The SMILES string of the molecule is CC1(C)CCN(S(=O)(=O)c2cccc(Br)c2)CCS1. The van der Waals surface area contributed by atoms with Crippen LogP contribution in [-0.4, -0.2) is 36.3 Å². The van der Waals surface area contributed by atoms with Gasteiger partial charge in [-0.05, 0) is 24.6 Å². The molecule has 0 spiro atoms. The second-order valence-electron chi connectivity index (χ2n) is 5.22. The molecule has 0 unspecified atom stereocenters. The predicted molar refractivity (Wildman–Crippen MR) is 84.1 cm³/mol. The Morgan fingerprint density at radius 3 is 2.74 bits per heavy atom. The molecule has 1 saturated heterocycles. The van der Waals surface area contributed by atoms with E-state index in [9.17, 15) is 8.42 Å². The molecule has 0 atom stereocenters. The van der Waals surface area contributed by atoms with Crippen LogP contribution in [0.4, 0.5) is 0 Å². The minimum atomic E-state index is -3.37. The van der Waals surface area contributed by atoms with Crippen LogP contribution in [0, 0.1) is 0 Å². The lowest BCUT2D eigenvalue weighted by Crippen LogP contribution is -2.33. The van der Waals surface area contributed by atoms with Gasteiger partial charge in [0.1, 0.15) is 0 Å². The van der Waals surface area contributed by atoms with Crippen molar-refractivity contribution in [3.8, 4) is 0 Å². The highest BCUT2D eigenvalue weighted by Gasteiger charge is 2.30. The van der Waals surface area contributed by atoms with Crippen LogP contribution in [0.2, 0.25) is 0 Å². The second kappa shape index (κ2) is 5.76. The summed E-state index contributed by atoms with van der Waals surface area (Å²) < 4.78 is 27.8. The molecule has 1 heterocycles. The second-order valence-corrected chi connectivity index (χ2v) is 9.88. The van der Waals surface area contributed by atoms with Gasteiger partial charge in [0.05, 0.1) is 4.90 Å². The van der Waals surface area contributed by atoms with Gasteiger partial charge in [-0.2, -0.15) is 16.1 Å². The third-order valence-electron chi connectivity index (χ3n) is 3.23. The third kappa shape index (κ3) is 3.74. The number of benzene rings is 1. The Morgan fingerprint density at radius 1 is 1.32 bits per heavy atom. The zero-order chi connectivity index (χ0) is 14.1. The van der Waals surface area contributed by atoms with E-state index in [1.165, 1.54) is 0 Å². The number of thioether (sulfide) groups is 1. The van der Waals surface area contributed by atoms with E-state index in [0.29, 0.717) is 18.0 Å². The smallest absolute Gasteiger partial charge is 0.207 e. The average molecular weight is 364 g/mol. The van der Waals surface area contributed by atoms with Crippen molar-refractivity contribution in [3.05, 3.63) is 28.7 Å². The van der Waals surface area contributed by atoms with Gasteiger partial charge in [0, 0.05) is 28.1 Å². The lowest BCUT2D eigenvalue weighted by Gasteiger charge is -2.22.